The molecule has 1 saturated heterocycles. The first-order valence-corrected chi connectivity index (χ1v) is 6.42. The van der Waals surface area contributed by atoms with E-state index in [1.807, 2.05) is 6.92 Å². The van der Waals surface area contributed by atoms with Crippen LogP contribution in [-0.2, 0) is 16.1 Å². The zero-order valence-corrected chi connectivity index (χ0v) is 11.2. The van der Waals surface area contributed by atoms with Crippen molar-refractivity contribution in [2.75, 3.05) is 6.54 Å². The standard InChI is InChI=1S/C13H14ClFN2O2/c1-2-11-13(19)17(12(18)6-16-11)7-8-3-4-9(15)5-10(8)14/h3-5,11,16H,2,6-7H2,1H3. The van der Waals surface area contributed by atoms with Crippen LogP contribution in [0.15, 0.2) is 18.2 Å². The molecule has 2 rings (SSSR count). The lowest BCUT2D eigenvalue weighted by molar-refractivity contribution is -0.150. The van der Waals surface area contributed by atoms with Crippen molar-refractivity contribution in [2.45, 2.75) is 25.9 Å². The molecule has 0 aromatic heterocycles. The van der Waals surface area contributed by atoms with Crippen LogP contribution in [0.5, 0.6) is 0 Å². The summed E-state index contributed by atoms with van der Waals surface area (Å²) in [7, 11) is 0. The van der Waals surface area contributed by atoms with Crippen molar-refractivity contribution in [3.63, 3.8) is 0 Å². The number of carbonyl (C=O) groups excluding carboxylic acids is 2. The molecule has 2 amide bonds. The minimum atomic E-state index is -0.446. The summed E-state index contributed by atoms with van der Waals surface area (Å²) in [6.07, 6.45) is 0.611. The fourth-order valence-electron chi connectivity index (χ4n) is 2.01. The third kappa shape index (κ3) is 2.93. The van der Waals surface area contributed by atoms with Gasteiger partial charge in [-0.2, -0.15) is 0 Å². The molecule has 0 aliphatic carbocycles. The van der Waals surface area contributed by atoms with E-state index in [-0.39, 0.29) is 36.0 Å². The Morgan fingerprint density at radius 2 is 2.21 bits per heavy atom. The minimum absolute atomic E-state index is 0.0783. The van der Waals surface area contributed by atoms with Crippen LogP contribution < -0.4 is 5.32 Å². The van der Waals surface area contributed by atoms with Crippen molar-refractivity contribution in [1.82, 2.24) is 10.2 Å². The molecule has 0 radical (unpaired) electrons. The highest BCUT2D eigenvalue weighted by Gasteiger charge is 2.32. The van der Waals surface area contributed by atoms with Gasteiger partial charge in [0.1, 0.15) is 5.82 Å². The average molecular weight is 285 g/mol. The van der Waals surface area contributed by atoms with Crippen LogP contribution in [0.4, 0.5) is 4.39 Å². The molecular weight excluding hydrogens is 271 g/mol. The zero-order valence-electron chi connectivity index (χ0n) is 10.5. The number of hydrogen-bond donors (Lipinski definition) is 1. The SMILES string of the molecule is CCC1NCC(=O)N(Cc2ccc(F)cc2Cl)C1=O. The Morgan fingerprint density at radius 1 is 1.47 bits per heavy atom. The summed E-state index contributed by atoms with van der Waals surface area (Å²) in [5, 5.41) is 3.09. The number of nitrogens with one attached hydrogen (secondary N) is 1. The number of benzene rings is 1. The molecule has 1 aliphatic heterocycles. The molecule has 102 valence electrons. The molecule has 1 atom stereocenters. The maximum Gasteiger partial charge on any atom is 0.246 e. The van der Waals surface area contributed by atoms with Gasteiger partial charge in [0.25, 0.3) is 0 Å². The van der Waals surface area contributed by atoms with Crippen LogP contribution in [0.2, 0.25) is 5.02 Å². The fourth-order valence-corrected chi connectivity index (χ4v) is 2.24. The summed E-state index contributed by atoms with van der Waals surface area (Å²) in [5.41, 5.74) is 0.557. The Morgan fingerprint density at radius 3 is 2.84 bits per heavy atom. The van der Waals surface area contributed by atoms with Gasteiger partial charge in [-0.25, -0.2) is 4.39 Å². The normalized spacial score (nSPS) is 19.9. The van der Waals surface area contributed by atoms with E-state index in [1.165, 1.54) is 23.1 Å². The smallest absolute Gasteiger partial charge is 0.246 e. The largest absolute Gasteiger partial charge is 0.297 e. The van der Waals surface area contributed by atoms with E-state index >= 15 is 0 Å². The summed E-state index contributed by atoms with van der Waals surface area (Å²) in [5.74, 6) is -1.01. The van der Waals surface area contributed by atoms with Crippen molar-refractivity contribution in [3.05, 3.63) is 34.6 Å². The van der Waals surface area contributed by atoms with Gasteiger partial charge < -0.3 is 0 Å². The maximum absolute atomic E-state index is 13.0. The van der Waals surface area contributed by atoms with Gasteiger partial charge in [-0.05, 0) is 24.1 Å². The van der Waals surface area contributed by atoms with Crippen LogP contribution in [0.25, 0.3) is 0 Å². The predicted molar refractivity (Wildman–Crippen MR) is 69.0 cm³/mol. The Bertz CT molecular complexity index is 521. The van der Waals surface area contributed by atoms with Gasteiger partial charge in [0.05, 0.1) is 19.1 Å². The molecule has 1 N–H and O–H groups in total. The molecule has 19 heavy (non-hydrogen) atoms. The van der Waals surface area contributed by atoms with Gasteiger partial charge in [0, 0.05) is 5.02 Å². The molecule has 4 nitrogen and oxygen atoms in total. The van der Waals surface area contributed by atoms with Crippen LogP contribution in [0.3, 0.4) is 0 Å². The van der Waals surface area contributed by atoms with E-state index in [9.17, 15) is 14.0 Å². The number of halogens is 2. The molecule has 0 bridgehead atoms. The minimum Gasteiger partial charge on any atom is -0.297 e. The van der Waals surface area contributed by atoms with Gasteiger partial charge in [0.2, 0.25) is 11.8 Å². The van der Waals surface area contributed by atoms with Gasteiger partial charge in [-0.15, -0.1) is 0 Å². The van der Waals surface area contributed by atoms with E-state index in [0.717, 1.165) is 0 Å². The van der Waals surface area contributed by atoms with E-state index in [0.29, 0.717) is 12.0 Å². The topological polar surface area (TPSA) is 49.4 Å². The first-order valence-electron chi connectivity index (χ1n) is 6.04. The van der Waals surface area contributed by atoms with Crippen LogP contribution in [-0.4, -0.2) is 29.3 Å². The molecule has 1 fully saturated rings. The molecular formula is C13H14ClFN2O2. The van der Waals surface area contributed by atoms with E-state index in [1.54, 1.807) is 0 Å². The molecule has 0 spiro atoms. The summed E-state index contributed by atoms with van der Waals surface area (Å²) >= 11 is 5.91. The summed E-state index contributed by atoms with van der Waals surface area (Å²) in [6.45, 7) is 2.08. The Labute approximate surface area is 115 Å². The van der Waals surface area contributed by atoms with Crippen molar-refractivity contribution < 1.29 is 14.0 Å². The fraction of sp³-hybridized carbons (Fsp3) is 0.385. The lowest BCUT2D eigenvalue weighted by Crippen LogP contribution is -2.57. The highest BCUT2D eigenvalue weighted by Crippen LogP contribution is 2.20. The molecule has 1 aromatic rings. The second-order valence-corrected chi connectivity index (χ2v) is 4.80. The highest BCUT2D eigenvalue weighted by atomic mass is 35.5. The molecule has 1 aliphatic rings. The Balaban J connectivity index is 2.20. The number of hydrogen-bond acceptors (Lipinski definition) is 3. The molecule has 1 heterocycles. The van der Waals surface area contributed by atoms with Gasteiger partial charge in [-0.3, -0.25) is 19.8 Å². The van der Waals surface area contributed by atoms with Crippen molar-refractivity contribution in [2.24, 2.45) is 0 Å². The summed E-state index contributed by atoms with van der Waals surface area (Å²) in [4.78, 5) is 25.0. The van der Waals surface area contributed by atoms with Gasteiger partial charge in [0.15, 0.2) is 0 Å². The quantitative estimate of drug-likeness (QED) is 0.860. The third-order valence-corrected chi connectivity index (χ3v) is 3.47. The van der Waals surface area contributed by atoms with Crippen molar-refractivity contribution >= 4 is 23.4 Å². The predicted octanol–water partition coefficient (Wildman–Crippen LogP) is 1.72. The zero-order chi connectivity index (χ0) is 14.0. The second-order valence-electron chi connectivity index (χ2n) is 4.40. The van der Waals surface area contributed by atoms with Crippen molar-refractivity contribution in [3.8, 4) is 0 Å². The number of amides is 2. The van der Waals surface area contributed by atoms with Crippen molar-refractivity contribution in [1.29, 1.82) is 0 Å². The van der Waals surface area contributed by atoms with Crippen LogP contribution in [0.1, 0.15) is 18.9 Å². The number of piperazine rings is 1. The average Bonchev–Trinajstić information content (AvgIpc) is 2.37. The maximum atomic E-state index is 13.0. The van der Waals surface area contributed by atoms with E-state index in [2.05, 4.69) is 5.32 Å². The summed E-state index contributed by atoms with van der Waals surface area (Å²) < 4.78 is 13.0. The molecule has 1 unspecified atom stereocenters. The van der Waals surface area contributed by atoms with E-state index < -0.39 is 5.82 Å². The molecule has 0 saturated carbocycles. The first kappa shape index (κ1) is 14.0. The van der Waals surface area contributed by atoms with Crippen LogP contribution in [0, 0.1) is 5.82 Å². The van der Waals surface area contributed by atoms with Gasteiger partial charge in [-0.1, -0.05) is 24.6 Å². The molecule has 1 aromatic carbocycles. The first-order chi connectivity index (χ1) is 9.02. The Hall–Kier alpha value is -1.46. The second kappa shape index (κ2) is 5.67. The van der Waals surface area contributed by atoms with Gasteiger partial charge >= 0.3 is 0 Å². The molecule has 6 heteroatoms. The monoisotopic (exact) mass is 284 g/mol. The number of nitrogens with zero attached hydrogens (tertiary/aromatic N) is 1. The third-order valence-electron chi connectivity index (χ3n) is 3.12. The lowest BCUT2D eigenvalue weighted by atomic mass is 10.1. The van der Waals surface area contributed by atoms with E-state index in [4.69, 9.17) is 11.6 Å². The summed E-state index contributed by atoms with van der Waals surface area (Å²) in [6, 6.07) is 3.57. The highest BCUT2D eigenvalue weighted by molar-refractivity contribution is 6.31. The van der Waals surface area contributed by atoms with Crippen LogP contribution >= 0.6 is 11.6 Å². The Kier molecular flexibility index (Phi) is 4.17. The number of carbonyl (C=O) groups is 2. The number of rotatable bonds is 3. The lowest BCUT2D eigenvalue weighted by Gasteiger charge is -2.31. The number of imide groups is 1.